The fourth-order valence-electron chi connectivity index (χ4n) is 4.37. The standard InChI is InChI=1S/C23H32N6O3/c1-17(2)28-11-12-32-21(16-28)15-26-7-9-27(10-8-26)22-13-18(3)24-23(25-22)19-5-4-6-20(14-19)29(30)31/h4-6,13-14,17,21H,7-12,15-16H2,1-3H3. The predicted octanol–water partition coefficient (Wildman–Crippen LogP) is 2.59. The van der Waals surface area contributed by atoms with Crippen molar-refractivity contribution in [2.45, 2.75) is 32.9 Å². The molecule has 1 aromatic carbocycles. The Bertz CT molecular complexity index is 945. The van der Waals surface area contributed by atoms with E-state index in [4.69, 9.17) is 9.72 Å². The van der Waals surface area contributed by atoms with Crippen LogP contribution >= 0.6 is 0 Å². The van der Waals surface area contributed by atoms with Gasteiger partial charge in [0.05, 0.1) is 17.6 Å². The number of hydrogen-bond acceptors (Lipinski definition) is 8. The van der Waals surface area contributed by atoms with Crippen molar-refractivity contribution in [1.29, 1.82) is 0 Å². The Morgan fingerprint density at radius 2 is 1.94 bits per heavy atom. The van der Waals surface area contributed by atoms with E-state index < -0.39 is 4.92 Å². The number of anilines is 1. The topological polar surface area (TPSA) is 87.9 Å². The van der Waals surface area contributed by atoms with Crippen LogP contribution in [-0.4, -0.2) is 89.3 Å². The average molecular weight is 441 g/mol. The number of benzene rings is 1. The van der Waals surface area contributed by atoms with Crippen LogP contribution in [0.25, 0.3) is 11.4 Å². The maximum Gasteiger partial charge on any atom is 0.270 e. The van der Waals surface area contributed by atoms with Crippen molar-refractivity contribution in [3.8, 4) is 11.4 Å². The molecular weight excluding hydrogens is 408 g/mol. The maximum absolute atomic E-state index is 11.1. The zero-order valence-corrected chi connectivity index (χ0v) is 19.1. The van der Waals surface area contributed by atoms with Crippen LogP contribution in [0.1, 0.15) is 19.5 Å². The van der Waals surface area contributed by atoms with Gasteiger partial charge in [0.25, 0.3) is 5.69 Å². The monoisotopic (exact) mass is 440 g/mol. The average Bonchev–Trinajstić information content (AvgIpc) is 2.79. The lowest BCUT2D eigenvalue weighted by Gasteiger charge is -2.40. The smallest absolute Gasteiger partial charge is 0.270 e. The summed E-state index contributed by atoms with van der Waals surface area (Å²) in [5.41, 5.74) is 1.55. The number of rotatable bonds is 6. The number of aromatic nitrogens is 2. The number of piperazine rings is 1. The summed E-state index contributed by atoms with van der Waals surface area (Å²) in [5, 5.41) is 11.1. The number of non-ortho nitro benzene ring substituents is 1. The highest BCUT2D eigenvalue weighted by Gasteiger charge is 2.26. The SMILES string of the molecule is Cc1cc(N2CCN(CC3CN(C(C)C)CCO3)CC2)nc(-c2cccc([N+](=O)[O-])c2)n1. The van der Waals surface area contributed by atoms with Gasteiger partial charge in [-0.1, -0.05) is 12.1 Å². The van der Waals surface area contributed by atoms with Crippen LogP contribution in [0.4, 0.5) is 11.5 Å². The van der Waals surface area contributed by atoms with Crippen molar-refractivity contribution < 1.29 is 9.66 Å². The Morgan fingerprint density at radius 1 is 1.16 bits per heavy atom. The maximum atomic E-state index is 11.1. The van der Waals surface area contributed by atoms with Crippen molar-refractivity contribution in [1.82, 2.24) is 19.8 Å². The molecule has 172 valence electrons. The van der Waals surface area contributed by atoms with Gasteiger partial charge in [-0.25, -0.2) is 9.97 Å². The summed E-state index contributed by atoms with van der Waals surface area (Å²) in [5.74, 6) is 1.40. The van der Waals surface area contributed by atoms with Gasteiger partial charge in [0.2, 0.25) is 0 Å². The zero-order valence-electron chi connectivity index (χ0n) is 19.1. The normalized spacial score (nSPS) is 20.6. The fraction of sp³-hybridized carbons (Fsp3) is 0.565. The highest BCUT2D eigenvalue weighted by molar-refractivity contribution is 5.61. The van der Waals surface area contributed by atoms with E-state index in [9.17, 15) is 10.1 Å². The molecule has 3 heterocycles. The van der Waals surface area contributed by atoms with Gasteiger partial charge in [-0.15, -0.1) is 0 Å². The highest BCUT2D eigenvalue weighted by Crippen LogP contribution is 2.24. The molecule has 2 aliphatic heterocycles. The Labute approximate surface area is 189 Å². The first-order chi connectivity index (χ1) is 15.4. The van der Waals surface area contributed by atoms with E-state index in [2.05, 4.69) is 33.5 Å². The van der Waals surface area contributed by atoms with Crippen LogP contribution in [0.3, 0.4) is 0 Å². The van der Waals surface area contributed by atoms with Gasteiger partial charge in [0.1, 0.15) is 5.82 Å². The number of aryl methyl sites for hydroxylation is 1. The van der Waals surface area contributed by atoms with Gasteiger partial charge in [-0.3, -0.25) is 19.9 Å². The summed E-state index contributed by atoms with van der Waals surface area (Å²) in [7, 11) is 0. The van der Waals surface area contributed by atoms with E-state index in [0.29, 0.717) is 17.4 Å². The third-order valence-electron chi connectivity index (χ3n) is 6.21. The van der Waals surface area contributed by atoms with Crippen LogP contribution in [0.5, 0.6) is 0 Å². The molecule has 0 radical (unpaired) electrons. The van der Waals surface area contributed by atoms with Gasteiger partial charge in [-0.2, -0.15) is 0 Å². The zero-order chi connectivity index (χ0) is 22.7. The number of nitro groups is 1. The Hall–Kier alpha value is -2.62. The summed E-state index contributed by atoms with van der Waals surface area (Å²) in [4.78, 5) is 27.2. The number of nitrogens with zero attached hydrogens (tertiary/aromatic N) is 6. The molecule has 2 aliphatic rings. The lowest BCUT2D eigenvalue weighted by Crippen LogP contribution is -2.53. The van der Waals surface area contributed by atoms with Gasteiger partial charge in [0.15, 0.2) is 5.82 Å². The molecule has 9 heteroatoms. The first-order valence-corrected chi connectivity index (χ1v) is 11.3. The van der Waals surface area contributed by atoms with E-state index in [-0.39, 0.29) is 11.8 Å². The van der Waals surface area contributed by atoms with E-state index in [1.165, 1.54) is 12.1 Å². The number of morpholine rings is 1. The third-order valence-corrected chi connectivity index (χ3v) is 6.21. The van der Waals surface area contributed by atoms with E-state index in [1.807, 2.05) is 19.1 Å². The second-order valence-corrected chi connectivity index (χ2v) is 8.87. The Morgan fingerprint density at radius 3 is 2.66 bits per heavy atom. The van der Waals surface area contributed by atoms with Crippen LogP contribution < -0.4 is 4.90 Å². The molecule has 0 aliphatic carbocycles. The number of ether oxygens (including phenoxy) is 1. The summed E-state index contributed by atoms with van der Waals surface area (Å²) in [6, 6.07) is 9.04. The summed E-state index contributed by atoms with van der Waals surface area (Å²) >= 11 is 0. The molecule has 0 amide bonds. The molecule has 32 heavy (non-hydrogen) atoms. The molecule has 1 aromatic heterocycles. The Kier molecular flexibility index (Phi) is 6.98. The summed E-state index contributed by atoms with van der Waals surface area (Å²) in [6.07, 6.45) is 0.263. The lowest BCUT2D eigenvalue weighted by atomic mass is 10.2. The fourth-order valence-corrected chi connectivity index (χ4v) is 4.37. The van der Waals surface area contributed by atoms with Crippen LogP contribution in [-0.2, 0) is 4.74 Å². The quantitative estimate of drug-likeness (QED) is 0.500. The first-order valence-electron chi connectivity index (χ1n) is 11.3. The molecule has 0 saturated carbocycles. The van der Waals surface area contributed by atoms with Gasteiger partial charge >= 0.3 is 0 Å². The second kappa shape index (κ2) is 9.89. The van der Waals surface area contributed by atoms with E-state index >= 15 is 0 Å². The minimum Gasteiger partial charge on any atom is -0.374 e. The molecule has 0 bridgehead atoms. The molecule has 1 unspecified atom stereocenters. The lowest BCUT2D eigenvalue weighted by molar-refractivity contribution is -0.384. The first kappa shape index (κ1) is 22.6. The molecule has 1 atom stereocenters. The second-order valence-electron chi connectivity index (χ2n) is 8.87. The molecule has 4 rings (SSSR count). The molecular formula is C23H32N6O3. The minimum atomic E-state index is -0.393. The number of nitro benzene ring substituents is 1. The van der Waals surface area contributed by atoms with Crippen LogP contribution in [0.15, 0.2) is 30.3 Å². The van der Waals surface area contributed by atoms with Crippen molar-refractivity contribution in [2.75, 3.05) is 57.3 Å². The molecule has 2 saturated heterocycles. The highest BCUT2D eigenvalue weighted by atomic mass is 16.6. The molecule has 0 N–H and O–H groups in total. The van der Waals surface area contributed by atoms with Crippen molar-refractivity contribution in [2.24, 2.45) is 0 Å². The van der Waals surface area contributed by atoms with E-state index in [1.54, 1.807) is 6.07 Å². The van der Waals surface area contributed by atoms with Gasteiger partial charge in [-0.05, 0) is 20.8 Å². The Balaban J connectivity index is 1.39. The summed E-state index contributed by atoms with van der Waals surface area (Å²) in [6.45, 7) is 13.9. The molecule has 2 aromatic rings. The van der Waals surface area contributed by atoms with Gasteiger partial charge < -0.3 is 9.64 Å². The molecule has 0 spiro atoms. The van der Waals surface area contributed by atoms with Gasteiger partial charge in [0, 0.05) is 81.3 Å². The largest absolute Gasteiger partial charge is 0.374 e. The van der Waals surface area contributed by atoms with Crippen molar-refractivity contribution in [3.05, 3.63) is 46.1 Å². The summed E-state index contributed by atoms with van der Waals surface area (Å²) < 4.78 is 6.01. The number of hydrogen-bond donors (Lipinski definition) is 0. The van der Waals surface area contributed by atoms with Crippen molar-refractivity contribution >= 4 is 11.5 Å². The predicted molar refractivity (Wildman–Crippen MR) is 124 cm³/mol. The molecule has 2 fully saturated rings. The van der Waals surface area contributed by atoms with Crippen LogP contribution in [0.2, 0.25) is 0 Å². The minimum absolute atomic E-state index is 0.0451. The third kappa shape index (κ3) is 5.40. The van der Waals surface area contributed by atoms with Crippen molar-refractivity contribution in [3.63, 3.8) is 0 Å². The van der Waals surface area contributed by atoms with Crippen LogP contribution in [0, 0.1) is 17.0 Å². The van der Waals surface area contributed by atoms with E-state index in [0.717, 1.165) is 63.9 Å². The molecule has 9 nitrogen and oxygen atoms in total.